The van der Waals surface area contributed by atoms with Crippen LogP contribution in [0.25, 0.3) is 0 Å². The van der Waals surface area contributed by atoms with E-state index in [2.05, 4.69) is 18.9 Å². The van der Waals surface area contributed by atoms with Gasteiger partial charge in [0.25, 0.3) is 5.91 Å². The van der Waals surface area contributed by atoms with Gasteiger partial charge in [0.1, 0.15) is 11.4 Å². The first-order chi connectivity index (χ1) is 14.7. The molecule has 1 aliphatic rings. The van der Waals surface area contributed by atoms with Crippen LogP contribution >= 0.6 is 11.6 Å². The zero-order valence-corrected chi connectivity index (χ0v) is 19.2. The van der Waals surface area contributed by atoms with E-state index in [1.807, 2.05) is 25.1 Å². The Morgan fingerprint density at radius 1 is 1.32 bits per heavy atom. The van der Waals surface area contributed by atoms with Gasteiger partial charge in [-0.3, -0.25) is 14.3 Å². The van der Waals surface area contributed by atoms with Gasteiger partial charge < -0.3 is 15.4 Å². The molecule has 1 aliphatic heterocycles. The third kappa shape index (κ3) is 5.58. The van der Waals surface area contributed by atoms with Gasteiger partial charge in [-0.05, 0) is 49.9 Å². The van der Waals surface area contributed by atoms with Crippen molar-refractivity contribution in [3.63, 3.8) is 0 Å². The molecule has 1 atom stereocenters. The molecule has 1 saturated heterocycles. The van der Waals surface area contributed by atoms with E-state index in [4.69, 9.17) is 22.1 Å². The molecule has 7 nitrogen and oxygen atoms in total. The Morgan fingerprint density at radius 2 is 2.10 bits per heavy atom. The standard InChI is InChI=1S/C23H31ClN4O3/c1-4-28-20(12-19(26-28)16(2)3)22(30)27-10-6-9-23(14-27,13-21(25)29)15-31-18-8-5-7-17(24)11-18/h5,7-8,11-12,16H,4,6,9-10,13-15H2,1-3H3,(H2,25,29)/t23-/m1/s1. The first-order valence-corrected chi connectivity index (χ1v) is 11.1. The monoisotopic (exact) mass is 446 g/mol. The number of ether oxygens (including phenoxy) is 1. The van der Waals surface area contributed by atoms with Gasteiger partial charge >= 0.3 is 0 Å². The van der Waals surface area contributed by atoms with Crippen LogP contribution in [0, 0.1) is 5.41 Å². The van der Waals surface area contributed by atoms with Crippen LogP contribution in [0.3, 0.4) is 0 Å². The summed E-state index contributed by atoms with van der Waals surface area (Å²) in [6.45, 7) is 8.02. The highest BCUT2D eigenvalue weighted by atomic mass is 35.5. The number of halogens is 1. The maximum atomic E-state index is 13.4. The van der Waals surface area contributed by atoms with Crippen molar-refractivity contribution in [2.45, 2.75) is 52.5 Å². The number of amides is 2. The minimum absolute atomic E-state index is 0.0717. The summed E-state index contributed by atoms with van der Waals surface area (Å²) < 4.78 is 7.75. The Balaban J connectivity index is 1.81. The molecule has 3 rings (SSSR count). The van der Waals surface area contributed by atoms with E-state index in [1.165, 1.54) is 0 Å². The Kier molecular flexibility index (Phi) is 7.26. The maximum Gasteiger partial charge on any atom is 0.272 e. The fourth-order valence-electron chi connectivity index (χ4n) is 4.15. The van der Waals surface area contributed by atoms with Crippen LogP contribution < -0.4 is 10.5 Å². The van der Waals surface area contributed by atoms with Gasteiger partial charge in [0, 0.05) is 36.5 Å². The summed E-state index contributed by atoms with van der Waals surface area (Å²) in [6.07, 6.45) is 1.68. The highest BCUT2D eigenvalue weighted by Crippen LogP contribution is 2.35. The van der Waals surface area contributed by atoms with Gasteiger partial charge in [-0.25, -0.2) is 0 Å². The van der Waals surface area contributed by atoms with Crippen molar-refractivity contribution in [3.8, 4) is 5.75 Å². The normalized spacial score (nSPS) is 18.9. The van der Waals surface area contributed by atoms with Crippen molar-refractivity contribution >= 4 is 23.4 Å². The molecular weight excluding hydrogens is 416 g/mol. The predicted octanol–water partition coefficient (Wildman–Crippen LogP) is 3.86. The third-order valence-corrected chi connectivity index (χ3v) is 5.98. The third-order valence-electron chi connectivity index (χ3n) is 5.75. The molecule has 1 aromatic carbocycles. The molecule has 2 N–H and O–H groups in total. The molecule has 1 fully saturated rings. The summed E-state index contributed by atoms with van der Waals surface area (Å²) in [7, 11) is 0. The number of hydrogen-bond donors (Lipinski definition) is 1. The lowest BCUT2D eigenvalue weighted by Gasteiger charge is -2.42. The number of aromatic nitrogens is 2. The number of primary amides is 1. The van der Waals surface area contributed by atoms with Gasteiger partial charge in [0.05, 0.1) is 12.3 Å². The summed E-state index contributed by atoms with van der Waals surface area (Å²) >= 11 is 6.06. The molecule has 0 unspecified atom stereocenters. The summed E-state index contributed by atoms with van der Waals surface area (Å²) in [5.74, 6) is 0.397. The number of rotatable bonds is 8. The van der Waals surface area contributed by atoms with Crippen LogP contribution in [0.1, 0.15) is 62.1 Å². The van der Waals surface area contributed by atoms with Crippen LogP contribution in [-0.2, 0) is 11.3 Å². The lowest BCUT2D eigenvalue weighted by molar-refractivity contribution is -0.122. The van der Waals surface area contributed by atoms with Crippen molar-refractivity contribution in [3.05, 3.63) is 46.7 Å². The smallest absolute Gasteiger partial charge is 0.272 e. The predicted molar refractivity (Wildman–Crippen MR) is 120 cm³/mol. The number of likely N-dealkylation sites (tertiary alicyclic amines) is 1. The van der Waals surface area contributed by atoms with Crippen LogP contribution in [0.2, 0.25) is 5.02 Å². The van der Waals surface area contributed by atoms with E-state index in [0.29, 0.717) is 36.1 Å². The first kappa shape index (κ1) is 23.1. The van der Waals surface area contributed by atoms with Gasteiger partial charge in [-0.2, -0.15) is 5.10 Å². The number of aryl methyl sites for hydroxylation is 1. The molecule has 0 spiro atoms. The van der Waals surface area contributed by atoms with Gasteiger partial charge in [0.15, 0.2) is 0 Å². The van der Waals surface area contributed by atoms with Gasteiger partial charge in [-0.15, -0.1) is 0 Å². The molecule has 1 aromatic heterocycles. The molecule has 31 heavy (non-hydrogen) atoms. The van der Waals surface area contributed by atoms with Crippen LogP contribution in [0.4, 0.5) is 0 Å². The highest BCUT2D eigenvalue weighted by Gasteiger charge is 2.40. The molecule has 2 aromatic rings. The average Bonchev–Trinajstić information content (AvgIpc) is 3.16. The Morgan fingerprint density at radius 3 is 2.74 bits per heavy atom. The largest absolute Gasteiger partial charge is 0.493 e. The van der Waals surface area contributed by atoms with E-state index in [9.17, 15) is 9.59 Å². The van der Waals surface area contributed by atoms with E-state index in [1.54, 1.807) is 21.7 Å². The minimum Gasteiger partial charge on any atom is -0.493 e. The number of nitrogens with two attached hydrogens (primary N) is 1. The fraction of sp³-hybridized carbons (Fsp3) is 0.522. The molecule has 168 valence electrons. The van der Waals surface area contributed by atoms with Crippen molar-refractivity contribution in [1.29, 1.82) is 0 Å². The number of carbonyl (C=O) groups is 2. The Labute approximate surface area is 188 Å². The molecule has 0 saturated carbocycles. The second-order valence-electron chi connectivity index (χ2n) is 8.64. The SMILES string of the molecule is CCn1nc(C(C)C)cc1C(=O)N1CCC[C@@](COc2cccc(Cl)c2)(CC(N)=O)C1. The number of nitrogens with zero attached hydrogens (tertiary/aromatic N) is 3. The molecule has 0 radical (unpaired) electrons. The Bertz CT molecular complexity index is 943. The number of benzene rings is 1. The van der Waals surface area contributed by atoms with Crippen LogP contribution in [0.5, 0.6) is 5.75 Å². The van der Waals surface area contributed by atoms with Gasteiger partial charge in [-0.1, -0.05) is 31.5 Å². The summed E-state index contributed by atoms with van der Waals surface area (Å²) in [4.78, 5) is 27.1. The topological polar surface area (TPSA) is 90.4 Å². The number of piperidine rings is 1. The summed E-state index contributed by atoms with van der Waals surface area (Å²) in [5, 5.41) is 5.15. The van der Waals surface area contributed by atoms with Crippen molar-refractivity contribution < 1.29 is 14.3 Å². The molecule has 0 bridgehead atoms. The van der Waals surface area contributed by atoms with Crippen molar-refractivity contribution in [2.75, 3.05) is 19.7 Å². The first-order valence-electron chi connectivity index (χ1n) is 10.8. The van der Waals surface area contributed by atoms with Gasteiger partial charge in [0.2, 0.25) is 5.91 Å². The van der Waals surface area contributed by atoms with Crippen molar-refractivity contribution in [2.24, 2.45) is 11.1 Å². The van der Waals surface area contributed by atoms with E-state index >= 15 is 0 Å². The zero-order valence-electron chi connectivity index (χ0n) is 18.4. The molecular formula is C23H31ClN4O3. The van der Waals surface area contributed by atoms with E-state index < -0.39 is 11.3 Å². The lowest BCUT2D eigenvalue weighted by atomic mass is 9.77. The minimum atomic E-state index is -0.542. The summed E-state index contributed by atoms with van der Waals surface area (Å²) in [6, 6.07) is 9.02. The number of hydrogen-bond acceptors (Lipinski definition) is 4. The highest BCUT2D eigenvalue weighted by molar-refractivity contribution is 6.30. The van der Waals surface area contributed by atoms with Crippen LogP contribution in [0.15, 0.2) is 30.3 Å². The second-order valence-corrected chi connectivity index (χ2v) is 9.08. The average molecular weight is 447 g/mol. The lowest BCUT2D eigenvalue weighted by Crippen LogP contribution is -2.50. The summed E-state index contributed by atoms with van der Waals surface area (Å²) in [5.41, 5.74) is 6.52. The van der Waals surface area contributed by atoms with E-state index in [-0.39, 0.29) is 24.9 Å². The van der Waals surface area contributed by atoms with Crippen LogP contribution in [-0.4, -0.2) is 46.2 Å². The quantitative estimate of drug-likeness (QED) is 0.666. The second kappa shape index (κ2) is 9.73. The molecule has 2 heterocycles. The molecule has 0 aliphatic carbocycles. The molecule has 2 amide bonds. The zero-order chi connectivity index (χ0) is 22.6. The molecule has 8 heteroatoms. The number of carbonyl (C=O) groups excluding carboxylic acids is 2. The van der Waals surface area contributed by atoms with Crippen molar-refractivity contribution in [1.82, 2.24) is 14.7 Å². The Hall–Kier alpha value is -2.54. The fourth-order valence-corrected chi connectivity index (χ4v) is 4.33. The van der Waals surface area contributed by atoms with E-state index in [0.717, 1.165) is 18.5 Å². The maximum absolute atomic E-state index is 13.4.